The maximum absolute atomic E-state index is 14.0. The van der Waals surface area contributed by atoms with Gasteiger partial charge in [0.05, 0.1) is 0 Å². The molecule has 0 fully saturated rings. The Balaban J connectivity index is 4.59. The third-order valence-electron chi connectivity index (χ3n) is 8.37. The molecule has 54 heavy (non-hydrogen) atoms. The SMILES string of the molecule is O=P(O)(O)CCCCCCCCCCCCCCCCCCCCP(=O)(O)OCC(F)(F)C(F)(F)C(F)(F)C(F)(F)C(F)(F)C(F)(F)C(F)(F)C(F)(F)F. The number of alkyl halides is 17. The summed E-state index contributed by atoms with van der Waals surface area (Å²) in [6, 6.07) is 0. The van der Waals surface area contributed by atoms with Gasteiger partial charge in [-0.2, -0.15) is 74.6 Å². The van der Waals surface area contributed by atoms with Gasteiger partial charge in [-0.1, -0.05) is 103 Å². The molecule has 0 aromatic rings. The second-order valence-electron chi connectivity index (χ2n) is 13.0. The zero-order valence-electron chi connectivity index (χ0n) is 28.7. The average Bonchev–Trinajstić information content (AvgIpc) is 3.01. The second kappa shape index (κ2) is 20.7. The molecule has 0 aliphatic carbocycles. The normalized spacial score (nSPS) is 15.9. The van der Waals surface area contributed by atoms with Crippen molar-refractivity contribution in [1.29, 1.82) is 0 Å². The second-order valence-corrected chi connectivity index (χ2v) is 16.8. The van der Waals surface area contributed by atoms with Crippen LogP contribution in [0.15, 0.2) is 0 Å². The van der Waals surface area contributed by atoms with E-state index >= 15 is 0 Å². The van der Waals surface area contributed by atoms with Crippen LogP contribution in [0.3, 0.4) is 0 Å². The monoisotopic (exact) mass is 874 g/mol. The van der Waals surface area contributed by atoms with Gasteiger partial charge in [0.25, 0.3) is 0 Å². The number of unbranched alkanes of at least 4 members (excludes halogenated alkanes) is 17. The van der Waals surface area contributed by atoms with Gasteiger partial charge in [-0.25, -0.2) is 0 Å². The van der Waals surface area contributed by atoms with Crippen LogP contribution in [0.2, 0.25) is 0 Å². The first-order valence-electron chi connectivity index (χ1n) is 16.9. The molecule has 0 radical (unpaired) electrons. The lowest BCUT2D eigenvalue weighted by Crippen LogP contribution is -2.74. The molecule has 3 N–H and O–H groups in total. The fourth-order valence-electron chi connectivity index (χ4n) is 4.99. The van der Waals surface area contributed by atoms with Crippen LogP contribution in [0, 0.1) is 0 Å². The van der Waals surface area contributed by atoms with Gasteiger partial charge in [0.1, 0.15) is 6.61 Å². The molecule has 1 unspecified atom stereocenters. The van der Waals surface area contributed by atoms with Gasteiger partial charge in [0.2, 0.25) is 0 Å². The first kappa shape index (κ1) is 53.1. The number of rotatable bonds is 30. The van der Waals surface area contributed by atoms with Crippen LogP contribution >= 0.6 is 15.2 Å². The van der Waals surface area contributed by atoms with Crippen molar-refractivity contribution < 1.29 is 103 Å². The van der Waals surface area contributed by atoms with Crippen molar-refractivity contribution in [2.45, 2.75) is 163 Å². The van der Waals surface area contributed by atoms with Gasteiger partial charge in [-0.3, -0.25) is 9.13 Å². The van der Waals surface area contributed by atoms with Crippen molar-refractivity contribution in [2.75, 3.05) is 18.9 Å². The summed E-state index contributed by atoms with van der Waals surface area (Å²) in [5.74, 6) is -57.7. The highest BCUT2D eigenvalue weighted by Crippen LogP contribution is 2.64. The molecule has 1 atom stereocenters. The minimum atomic E-state index is -8.75. The molecule has 6 nitrogen and oxygen atoms in total. The van der Waals surface area contributed by atoms with Crippen molar-refractivity contribution in [3.8, 4) is 0 Å². The predicted octanol–water partition coefficient (Wildman–Crippen LogP) is 12.4. The van der Waals surface area contributed by atoms with E-state index in [1.54, 1.807) is 0 Å². The van der Waals surface area contributed by atoms with Crippen LogP contribution in [0.25, 0.3) is 0 Å². The first-order chi connectivity index (χ1) is 24.2. The number of hydrogen-bond acceptors (Lipinski definition) is 3. The molecule has 0 rings (SSSR count). The van der Waals surface area contributed by atoms with E-state index in [4.69, 9.17) is 9.79 Å². The number of halogens is 17. The third-order valence-corrected chi connectivity index (χ3v) is 10.7. The van der Waals surface area contributed by atoms with Crippen molar-refractivity contribution in [2.24, 2.45) is 0 Å². The van der Waals surface area contributed by atoms with E-state index in [1.807, 2.05) is 0 Å². The quantitative estimate of drug-likeness (QED) is 0.0377. The molecule has 326 valence electrons. The highest BCUT2D eigenvalue weighted by Gasteiger charge is 2.95. The Bertz CT molecular complexity index is 1200. The zero-order valence-corrected chi connectivity index (χ0v) is 30.5. The van der Waals surface area contributed by atoms with Gasteiger partial charge in [0.15, 0.2) is 0 Å². The van der Waals surface area contributed by atoms with Crippen LogP contribution in [-0.4, -0.2) is 81.2 Å². The van der Waals surface area contributed by atoms with E-state index in [1.165, 1.54) is 0 Å². The number of hydrogen-bond donors (Lipinski definition) is 3. The maximum atomic E-state index is 14.0. The zero-order chi connectivity index (χ0) is 42.6. The van der Waals surface area contributed by atoms with Crippen molar-refractivity contribution >= 4 is 15.2 Å². The van der Waals surface area contributed by atoms with Gasteiger partial charge < -0.3 is 19.2 Å². The van der Waals surface area contributed by atoms with Crippen molar-refractivity contribution in [1.82, 2.24) is 0 Å². The van der Waals surface area contributed by atoms with E-state index in [9.17, 15) is 88.7 Å². The van der Waals surface area contributed by atoms with Crippen LogP contribution < -0.4 is 0 Å². The molecule has 0 aliphatic heterocycles. The molecular weight excluding hydrogens is 829 g/mol. The van der Waals surface area contributed by atoms with Crippen LogP contribution in [0.1, 0.15) is 116 Å². The van der Waals surface area contributed by atoms with Gasteiger partial charge in [-0.05, 0) is 12.8 Å². The van der Waals surface area contributed by atoms with Gasteiger partial charge in [0, 0.05) is 12.3 Å². The molecule has 0 saturated carbocycles. The molecule has 0 saturated heterocycles. The maximum Gasteiger partial charge on any atom is 0.460 e. The Morgan fingerprint density at radius 1 is 0.352 bits per heavy atom. The summed E-state index contributed by atoms with van der Waals surface area (Å²) in [6.07, 6.45) is 4.80. The first-order valence-corrected chi connectivity index (χ1v) is 20.4. The largest absolute Gasteiger partial charge is 0.460 e. The molecule has 0 amide bonds. The topological polar surface area (TPSA) is 104 Å². The van der Waals surface area contributed by atoms with Crippen LogP contribution in [-0.2, 0) is 13.7 Å². The molecular formula is C29H45F17O6P2. The minimum absolute atomic E-state index is 0.0949. The molecule has 0 spiro atoms. The Kier molecular flexibility index (Phi) is 20.4. The van der Waals surface area contributed by atoms with E-state index in [0.29, 0.717) is 19.3 Å². The summed E-state index contributed by atoms with van der Waals surface area (Å²) < 4.78 is 253. The summed E-state index contributed by atoms with van der Waals surface area (Å²) in [7, 11) is -9.34. The Hall–Kier alpha value is -0.890. The predicted molar refractivity (Wildman–Crippen MR) is 161 cm³/mol. The summed E-state index contributed by atoms with van der Waals surface area (Å²) >= 11 is 0. The Labute approximate surface area is 300 Å². The molecule has 0 aromatic heterocycles. The fourth-order valence-corrected chi connectivity index (χ4v) is 6.74. The summed E-state index contributed by atoms with van der Waals surface area (Å²) in [4.78, 5) is 27.1. The smallest absolute Gasteiger partial charge is 0.324 e. The lowest BCUT2D eigenvalue weighted by Gasteiger charge is -2.42. The Morgan fingerprint density at radius 2 is 0.593 bits per heavy atom. The summed E-state index contributed by atoms with van der Waals surface area (Å²) in [6.45, 7) is -3.40. The Morgan fingerprint density at radius 3 is 0.870 bits per heavy atom. The molecule has 25 heteroatoms. The highest BCUT2D eigenvalue weighted by molar-refractivity contribution is 7.52. The summed E-state index contributed by atoms with van der Waals surface area (Å²) in [5.41, 5.74) is 0. The van der Waals surface area contributed by atoms with E-state index in [2.05, 4.69) is 4.52 Å². The van der Waals surface area contributed by atoms with E-state index < -0.39 is 75.6 Å². The third kappa shape index (κ3) is 14.5. The summed E-state index contributed by atoms with van der Waals surface area (Å²) in [5, 5.41) is 0. The lowest BCUT2D eigenvalue weighted by atomic mass is 9.89. The van der Waals surface area contributed by atoms with Crippen LogP contribution in [0.4, 0.5) is 74.6 Å². The van der Waals surface area contributed by atoms with Crippen molar-refractivity contribution in [3.05, 3.63) is 0 Å². The molecule has 0 aromatic carbocycles. The molecule has 0 aliphatic rings. The standard InChI is InChI=1S/C29H45F17O6P2/c30-22(31,23(32,33)24(34,35)25(36,37)26(38,39)27(40,41)28(42,43)29(44,45)46)21-52-54(50,51)20-18-16-14-12-10-8-6-4-2-1-3-5-7-9-11-13-15-17-19-53(47,48)49/h1-21H2,(H,50,51)(H2,47,48,49). The highest BCUT2D eigenvalue weighted by atomic mass is 31.2. The molecule has 0 bridgehead atoms. The van der Waals surface area contributed by atoms with Crippen molar-refractivity contribution in [3.63, 3.8) is 0 Å². The van der Waals surface area contributed by atoms with E-state index in [-0.39, 0.29) is 19.0 Å². The fraction of sp³-hybridized carbons (Fsp3) is 1.00. The minimum Gasteiger partial charge on any atom is -0.324 e. The molecule has 0 heterocycles. The van der Waals surface area contributed by atoms with Crippen LogP contribution in [0.5, 0.6) is 0 Å². The van der Waals surface area contributed by atoms with Gasteiger partial charge in [-0.15, -0.1) is 0 Å². The lowest BCUT2D eigenvalue weighted by molar-refractivity contribution is -0.462. The average molecular weight is 875 g/mol. The van der Waals surface area contributed by atoms with Gasteiger partial charge >= 0.3 is 62.8 Å². The van der Waals surface area contributed by atoms with E-state index in [0.717, 1.165) is 83.5 Å².